The van der Waals surface area contributed by atoms with Gasteiger partial charge in [-0.15, -0.1) is 11.3 Å². The van der Waals surface area contributed by atoms with E-state index in [4.69, 9.17) is 19.6 Å². The lowest BCUT2D eigenvalue weighted by atomic mass is 9.96. The van der Waals surface area contributed by atoms with Gasteiger partial charge in [-0.05, 0) is 42.6 Å². The van der Waals surface area contributed by atoms with Gasteiger partial charge in [0.2, 0.25) is 5.91 Å². The molecule has 4 aromatic heterocycles. The van der Waals surface area contributed by atoms with Gasteiger partial charge in [-0.25, -0.2) is 13.8 Å². The Morgan fingerprint density at radius 2 is 1.98 bits per heavy atom. The van der Waals surface area contributed by atoms with Gasteiger partial charge in [0.1, 0.15) is 35.4 Å². The molecule has 0 spiro atoms. The number of amides is 1. The zero-order valence-corrected chi connectivity index (χ0v) is 26.3. The van der Waals surface area contributed by atoms with E-state index in [0.29, 0.717) is 35.7 Å². The van der Waals surface area contributed by atoms with Crippen LogP contribution in [0.3, 0.4) is 0 Å². The third-order valence-corrected chi connectivity index (χ3v) is 9.17. The van der Waals surface area contributed by atoms with Crippen molar-refractivity contribution in [2.75, 3.05) is 26.9 Å². The van der Waals surface area contributed by atoms with Crippen LogP contribution < -0.4 is 4.74 Å². The summed E-state index contributed by atoms with van der Waals surface area (Å²) in [6.45, 7) is 6.74. The number of aryl methyl sites for hydroxylation is 1. The molecule has 6 aromatic rings. The summed E-state index contributed by atoms with van der Waals surface area (Å²) in [5.41, 5.74) is 4.76. The van der Waals surface area contributed by atoms with E-state index in [0.717, 1.165) is 38.3 Å². The van der Waals surface area contributed by atoms with Gasteiger partial charge < -0.3 is 14.4 Å². The van der Waals surface area contributed by atoms with E-state index in [1.54, 1.807) is 15.8 Å². The Morgan fingerprint density at radius 1 is 1.13 bits per heavy atom. The molecule has 1 aliphatic rings. The van der Waals surface area contributed by atoms with Crippen molar-refractivity contribution in [3.63, 3.8) is 0 Å². The number of pyridine rings is 1. The maximum atomic E-state index is 16.0. The van der Waals surface area contributed by atoms with Crippen molar-refractivity contribution >= 4 is 38.2 Å². The predicted molar refractivity (Wildman–Crippen MR) is 174 cm³/mol. The minimum atomic E-state index is -0.783. The molecule has 5 heterocycles. The van der Waals surface area contributed by atoms with Crippen LogP contribution >= 0.6 is 11.3 Å². The van der Waals surface area contributed by atoms with Crippen LogP contribution in [0, 0.1) is 11.6 Å². The Bertz CT molecular complexity index is 2150. The third-order valence-electron chi connectivity index (χ3n) is 8.24. The van der Waals surface area contributed by atoms with Crippen molar-refractivity contribution in [3.05, 3.63) is 84.0 Å². The van der Waals surface area contributed by atoms with Gasteiger partial charge in [0, 0.05) is 59.4 Å². The molecule has 1 unspecified atom stereocenters. The van der Waals surface area contributed by atoms with E-state index in [1.807, 2.05) is 54.4 Å². The Labute approximate surface area is 267 Å². The SMILES string of the molecule is C=CC(=O)N1Cc2cc(-c3nc(-c4ccc5c(cnn5C)c4)c4ccsc4c3-c3c(F)cc(F)cc3OCCOC)nn2C(C)C1. The van der Waals surface area contributed by atoms with E-state index >= 15 is 4.39 Å². The highest BCUT2D eigenvalue weighted by Gasteiger charge is 2.30. The molecule has 9 nitrogen and oxygen atoms in total. The molecule has 2 aromatic carbocycles. The van der Waals surface area contributed by atoms with Gasteiger partial charge in [0.05, 0.1) is 47.9 Å². The summed E-state index contributed by atoms with van der Waals surface area (Å²) < 4.78 is 46.1. The second-order valence-electron chi connectivity index (χ2n) is 11.2. The maximum absolute atomic E-state index is 16.0. The lowest BCUT2D eigenvalue weighted by Crippen LogP contribution is -2.39. The van der Waals surface area contributed by atoms with E-state index in [-0.39, 0.29) is 36.5 Å². The van der Waals surface area contributed by atoms with Crippen LogP contribution in [0.1, 0.15) is 18.7 Å². The first-order valence-corrected chi connectivity index (χ1v) is 15.6. The molecule has 7 rings (SSSR count). The van der Waals surface area contributed by atoms with Gasteiger partial charge in [0.15, 0.2) is 0 Å². The minimum absolute atomic E-state index is 0.0388. The normalized spacial score (nSPS) is 14.6. The molecular weight excluding hydrogens is 610 g/mol. The summed E-state index contributed by atoms with van der Waals surface area (Å²) in [6.07, 6.45) is 3.11. The Morgan fingerprint density at radius 3 is 2.78 bits per heavy atom. The van der Waals surface area contributed by atoms with Crippen molar-refractivity contribution in [2.24, 2.45) is 7.05 Å². The summed E-state index contributed by atoms with van der Waals surface area (Å²) in [7, 11) is 3.42. The first kappa shape index (κ1) is 29.8. The summed E-state index contributed by atoms with van der Waals surface area (Å²) in [5, 5.41) is 13.0. The number of ether oxygens (including phenoxy) is 2. The van der Waals surface area contributed by atoms with E-state index in [9.17, 15) is 9.18 Å². The van der Waals surface area contributed by atoms with Gasteiger partial charge in [-0.1, -0.05) is 12.6 Å². The maximum Gasteiger partial charge on any atom is 0.246 e. The Hall–Kier alpha value is -4.94. The molecule has 0 saturated carbocycles. The predicted octanol–water partition coefficient (Wildman–Crippen LogP) is 6.77. The zero-order chi connectivity index (χ0) is 32.1. The number of rotatable bonds is 8. The second kappa shape index (κ2) is 11.8. The van der Waals surface area contributed by atoms with Crippen molar-refractivity contribution in [2.45, 2.75) is 19.5 Å². The van der Waals surface area contributed by atoms with Gasteiger partial charge in [-0.3, -0.25) is 14.2 Å². The lowest BCUT2D eigenvalue weighted by Gasteiger charge is -2.31. The zero-order valence-electron chi connectivity index (χ0n) is 25.5. The summed E-state index contributed by atoms with van der Waals surface area (Å²) in [5.74, 6) is -1.67. The van der Waals surface area contributed by atoms with E-state index in [2.05, 4.69) is 11.7 Å². The minimum Gasteiger partial charge on any atom is -0.490 e. The topological polar surface area (TPSA) is 87.3 Å². The van der Waals surface area contributed by atoms with Crippen molar-refractivity contribution < 1.29 is 23.0 Å². The van der Waals surface area contributed by atoms with Gasteiger partial charge >= 0.3 is 0 Å². The fourth-order valence-corrected chi connectivity index (χ4v) is 7.06. The highest BCUT2D eigenvalue weighted by atomic mass is 32.1. The number of nitrogens with zero attached hydrogens (tertiary/aromatic N) is 6. The van der Waals surface area contributed by atoms with E-state index in [1.165, 1.54) is 30.6 Å². The molecule has 0 aliphatic carbocycles. The third kappa shape index (κ3) is 5.03. The van der Waals surface area contributed by atoms with Crippen LogP contribution in [0.4, 0.5) is 8.78 Å². The molecule has 234 valence electrons. The number of carbonyl (C=O) groups is 1. The highest BCUT2D eigenvalue weighted by molar-refractivity contribution is 7.18. The summed E-state index contributed by atoms with van der Waals surface area (Å²) in [4.78, 5) is 19.5. The summed E-state index contributed by atoms with van der Waals surface area (Å²) >= 11 is 1.43. The molecular formula is C34H30F2N6O3S. The standard InChI is InChI=1S/C34H30F2N6O3S/c1-5-29(43)41-17-19(2)42-23(18-41)15-26(39-42)33-31(30-25(36)13-22(35)14-28(30)45-10-9-44-4)34-24(8-11-46-34)32(38-33)20-6-7-27-21(12-20)16-37-40(27)3/h5-8,11-16,19H,1,9-10,17-18H2,2-4H3. The number of benzene rings is 2. The van der Waals surface area contributed by atoms with Gasteiger partial charge in [-0.2, -0.15) is 10.2 Å². The Balaban J connectivity index is 1.50. The molecule has 1 amide bonds. The number of halogens is 2. The molecule has 0 radical (unpaired) electrons. The van der Waals surface area contributed by atoms with Crippen molar-refractivity contribution in [1.82, 2.24) is 29.4 Å². The molecule has 46 heavy (non-hydrogen) atoms. The highest BCUT2D eigenvalue weighted by Crippen LogP contribution is 2.47. The van der Waals surface area contributed by atoms with Crippen LogP contribution in [0.15, 0.2) is 66.7 Å². The number of hydrogen-bond acceptors (Lipinski definition) is 7. The van der Waals surface area contributed by atoms with E-state index < -0.39 is 11.6 Å². The molecule has 1 aliphatic heterocycles. The fourth-order valence-electron chi connectivity index (χ4n) is 6.12. The lowest BCUT2D eigenvalue weighted by molar-refractivity contribution is -0.127. The van der Waals surface area contributed by atoms with Crippen LogP contribution in [0.5, 0.6) is 5.75 Å². The van der Waals surface area contributed by atoms with Crippen LogP contribution in [-0.2, 0) is 23.1 Å². The number of carbonyl (C=O) groups excluding carboxylic acids is 1. The first-order chi connectivity index (χ1) is 22.3. The largest absolute Gasteiger partial charge is 0.490 e. The molecule has 0 bridgehead atoms. The average molecular weight is 641 g/mol. The van der Waals surface area contributed by atoms with Crippen LogP contribution in [-0.4, -0.2) is 62.2 Å². The number of aromatic nitrogens is 5. The number of thiophene rings is 1. The molecule has 0 fully saturated rings. The number of methoxy groups -OCH3 is 1. The van der Waals surface area contributed by atoms with Crippen LogP contribution in [0.25, 0.3) is 54.8 Å². The monoisotopic (exact) mass is 640 g/mol. The van der Waals surface area contributed by atoms with Gasteiger partial charge in [0.25, 0.3) is 0 Å². The molecule has 1 atom stereocenters. The first-order valence-electron chi connectivity index (χ1n) is 14.7. The molecule has 0 N–H and O–H groups in total. The Kier molecular flexibility index (Phi) is 7.61. The fraction of sp³-hybridized carbons (Fsp3) is 0.235. The van der Waals surface area contributed by atoms with Crippen LogP contribution in [0.2, 0.25) is 0 Å². The average Bonchev–Trinajstić information content (AvgIpc) is 3.79. The van der Waals surface area contributed by atoms with Crippen molar-refractivity contribution in [3.8, 4) is 39.5 Å². The molecule has 12 heteroatoms. The van der Waals surface area contributed by atoms with Crippen molar-refractivity contribution in [1.29, 1.82) is 0 Å². The number of fused-ring (bicyclic) bond motifs is 3. The second-order valence-corrected chi connectivity index (χ2v) is 12.1. The number of hydrogen-bond donors (Lipinski definition) is 0. The smallest absolute Gasteiger partial charge is 0.246 e. The summed E-state index contributed by atoms with van der Waals surface area (Å²) in [6, 6.07) is 11.8. The quantitative estimate of drug-likeness (QED) is 0.135. The molecule has 0 saturated heterocycles.